The van der Waals surface area contributed by atoms with E-state index in [0.717, 1.165) is 42.8 Å². The summed E-state index contributed by atoms with van der Waals surface area (Å²) < 4.78 is 5.81. The second-order valence-corrected chi connectivity index (χ2v) is 4.63. The summed E-state index contributed by atoms with van der Waals surface area (Å²) in [5, 5.41) is 0. The van der Waals surface area contributed by atoms with Crippen molar-refractivity contribution in [2.24, 2.45) is 0 Å². The first-order chi connectivity index (χ1) is 7.81. The molecule has 1 aromatic heterocycles. The number of hydrogen-bond donors (Lipinski definition) is 0. The van der Waals surface area contributed by atoms with Crippen LogP contribution < -0.4 is 4.74 Å². The van der Waals surface area contributed by atoms with Crippen molar-refractivity contribution in [1.82, 2.24) is 4.98 Å². The van der Waals surface area contributed by atoms with Gasteiger partial charge in [0.15, 0.2) is 0 Å². The average molecular weight is 240 g/mol. The number of aromatic nitrogens is 1. The Bertz CT molecular complexity index is 350. The van der Waals surface area contributed by atoms with Crippen molar-refractivity contribution in [2.75, 3.05) is 0 Å². The molecule has 1 aromatic rings. The molecule has 0 spiro atoms. The molecule has 0 aliphatic heterocycles. The van der Waals surface area contributed by atoms with Crippen molar-refractivity contribution in [2.45, 2.75) is 51.0 Å². The Hall–Kier alpha value is -0.760. The minimum atomic E-state index is 0.382. The Morgan fingerprint density at radius 3 is 2.81 bits per heavy atom. The van der Waals surface area contributed by atoms with Crippen LogP contribution in [0.3, 0.4) is 0 Å². The van der Waals surface area contributed by atoms with Crippen molar-refractivity contribution < 1.29 is 4.74 Å². The van der Waals surface area contributed by atoms with Crippen molar-refractivity contribution in [3.05, 3.63) is 23.4 Å². The first-order valence-electron chi connectivity index (χ1n) is 6.04. The molecule has 1 aliphatic carbocycles. The summed E-state index contributed by atoms with van der Waals surface area (Å²) in [4.78, 5) is 4.51. The van der Waals surface area contributed by atoms with Crippen LogP contribution in [0.25, 0.3) is 0 Å². The molecule has 1 saturated carbocycles. The second-order valence-electron chi connectivity index (χ2n) is 4.36. The van der Waals surface area contributed by atoms with E-state index in [4.69, 9.17) is 16.3 Å². The third-order valence-electron chi connectivity index (χ3n) is 2.91. The van der Waals surface area contributed by atoms with E-state index in [2.05, 4.69) is 18.0 Å². The maximum Gasteiger partial charge on any atom is 0.214 e. The predicted molar refractivity (Wildman–Crippen MR) is 66.1 cm³/mol. The largest absolute Gasteiger partial charge is 0.474 e. The fraction of sp³-hybridized carbons (Fsp3) is 0.615. The lowest BCUT2D eigenvalue weighted by atomic mass is 9.96. The summed E-state index contributed by atoms with van der Waals surface area (Å²) in [7, 11) is 0. The van der Waals surface area contributed by atoms with Crippen LogP contribution in [-0.4, -0.2) is 11.1 Å². The van der Waals surface area contributed by atoms with Gasteiger partial charge in [-0.15, -0.1) is 11.6 Å². The van der Waals surface area contributed by atoms with Crippen LogP contribution in [0, 0.1) is 0 Å². The molecule has 0 saturated heterocycles. The summed E-state index contributed by atoms with van der Waals surface area (Å²) >= 11 is 5.87. The SMILES string of the molecule is CCCc1cc(CCl)cc(OC2CCC2)n1. The first-order valence-corrected chi connectivity index (χ1v) is 6.57. The maximum absolute atomic E-state index is 5.87. The summed E-state index contributed by atoms with van der Waals surface area (Å²) in [6, 6.07) is 4.04. The highest BCUT2D eigenvalue weighted by Crippen LogP contribution is 2.25. The molecule has 3 heteroatoms. The van der Waals surface area contributed by atoms with Crippen LogP contribution in [0.4, 0.5) is 0 Å². The third kappa shape index (κ3) is 2.88. The number of aryl methyl sites for hydroxylation is 1. The Morgan fingerprint density at radius 2 is 2.25 bits per heavy atom. The van der Waals surface area contributed by atoms with Gasteiger partial charge >= 0.3 is 0 Å². The highest BCUT2D eigenvalue weighted by molar-refractivity contribution is 6.17. The van der Waals surface area contributed by atoms with Gasteiger partial charge in [0.1, 0.15) is 6.10 Å². The van der Waals surface area contributed by atoms with Gasteiger partial charge in [0, 0.05) is 17.6 Å². The summed E-state index contributed by atoms with van der Waals surface area (Å²) in [6.07, 6.45) is 6.08. The molecule has 0 radical (unpaired) electrons. The first kappa shape index (κ1) is 11.7. The highest BCUT2D eigenvalue weighted by atomic mass is 35.5. The Labute approximate surface area is 102 Å². The van der Waals surface area contributed by atoms with Gasteiger partial charge in [0.2, 0.25) is 5.88 Å². The van der Waals surface area contributed by atoms with E-state index in [-0.39, 0.29) is 0 Å². The second kappa shape index (κ2) is 5.53. The van der Waals surface area contributed by atoms with Crippen LogP contribution in [0.15, 0.2) is 12.1 Å². The van der Waals surface area contributed by atoms with E-state index in [1.807, 2.05) is 6.07 Å². The molecule has 0 unspecified atom stereocenters. The predicted octanol–water partition coefficient (Wildman–Crippen LogP) is 3.70. The monoisotopic (exact) mass is 239 g/mol. The number of hydrogen-bond acceptors (Lipinski definition) is 2. The molecule has 0 N–H and O–H groups in total. The number of halogens is 1. The smallest absolute Gasteiger partial charge is 0.214 e. The molecule has 16 heavy (non-hydrogen) atoms. The van der Waals surface area contributed by atoms with E-state index in [1.54, 1.807) is 0 Å². The molecule has 0 amide bonds. The Kier molecular flexibility index (Phi) is 4.05. The van der Waals surface area contributed by atoms with Crippen LogP contribution in [0.5, 0.6) is 5.88 Å². The maximum atomic E-state index is 5.87. The van der Waals surface area contributed by atoms with Crippen molar-refractivity contribution >= 4 is 11.6 Å². The fourth-order valence-corrected chi connectivity index (χ4v) is 1.96. The zero-order valence-electron chi connectivity index (χ0n) is 9.71. The van der Waals surface area contributed by atoms with Crippen molar-refractivity contribution in [3.63, 3.8) is 0 Å². The molecular weight excluding hydrogens is 222 g/mol. The van der Waals surface area contributed by atoms with E-state index in [0.29, 0.717) is 12.0 Å². The number of rotatable bonds is 5. The van der Waals surface area contributed by atoms with Crippen LogP contribution in [0.2, 0.25) is 0 Å². The molecule has 1 aliphatic rings. The van der Waals surface area contributed by atoms with E-state index >= 15 is 0 Å². The van der Waals surface area contributed by atoms with Crippen LogP contribution >= 0.6 is 11.6 Å². The van der Waals surface area contributed by atoms with Crippen molar-refractivity contribution in [1.29, 1.82) is 0 Å². The topological polar surface area (TPSA) is 22.1 Å². The molecule has 0 aromatic carbocycles. The lowest BCUT2D eigenvalue weighted by molar-refractivity contribution is 0.114. The zero-order chi connectivity index (χ0) is 11.4. The quantitative estimate of drug-likeness (QED) is 0.731. The molecule has 1 heterocycles. The van der Waals surface area contributed by atoms with Gasteiger partial charge in [0.05, 0.1) is 0 Å². The van der Waals surface area contributed by atoms with Gasteiger partial charge in [0.25, 0.3) is 0 Å². The summed E-state index contributed by atoms with van der Waals surface area (Å²) in [5.41, 5.74) is 2.20. The number of ether oxygens (including phenoxy) is 1. The number of pyridine rings is 1. The summed E-state index contributed by atoms with van der Waals surface area (Å²) in [6.45, 7) is 2.15. The zero-order valence-corrected chi connectivity index (χ0v) is 10.5. The molecular formula is C13H18ClNO. The van der Waals surface area contributed by atoms with Gasteiger partial charge in [-0.05, 0) is 37.3 Å². The van der Waals surface area contributed by atoms with E-state index in [1.165, 1.54) is 6.42 Å². The molecule has 1 fully saturated rings. The van der Waals surface area contributed by atoms with Gasteiger partial charge in [-0.3, -0.25) is 0 Å². The lowest BCUT2D eigenvalue weighted by Gasteiger charge is -2.26. The molecule has 2 rings (SSSR count). The van der Waals surface area contributed by atoms with E-state index in [9.17, 15) is 0 Å². The molecule has 88 valence electrons. The fourth-order valence-electron chi connectivity index (χ4n) is 1.80. The van der Waals surface area contributed by atoms with Crippen LogP contribution in [-0.2, 0) is 12.3 Å². The Morgan fingerprint density at radius 1 is 1.44 bits per heavy atom. The molecule has 0 bridgehead atoms. The number of nitrogens with zero attached hydrogens (tertiary/aromatic N) is 1. The van der Waals surface area contributed by atoms with Crippen molar-refractivity contribution in [3.8, 4) is 5.88 Å². The normalized spacial score (nSPS) is 15.9. The minimum absolute atomic E-state index is 0.382. The lowest BCUT2D eigenvalue weighted by Crippen LogP contribution is -2.25. The standard InChI is InChI=1S/C13H18ClNO/c1-2-4-11-7-10(9-14)8-13(15-11)16-12-5-3-6-12/h7-8,12H,2-6,9H2,1H3. The summed E-state index contributed by atoms with van der Waals surface area (Å²) in [5.74, 6) is 1.28. The van der Waals surface area contributed by atoms with Gasteiger partial charge in [-0.1, -0.05) is 13.3 Å². The van der Waals surface area contributed by atoms with Gasteiger partial charge in [-0.2, -0.15) is 0 Å². The van der Waals surface area contributed by atoms with Gasteiger partial charge in [-0.25, -0.2) is 4.98 Å². The van der Waals surface area contributed by atoms with Gasteiger partial charge < -0.3 is 4.74 Å². The van der Waals surface area contributed by atoms with E-state index < -0.39 is 0 Å². The molecule has 0 atom stereocenters. The average Bonchev–Trinajstić information content (AvgIpc) is 2.24. The Balaban J connectivity index is 2.11. The number of alkyl halides is 1. The third-order valence-corrected chi connectivity index (χ3v) is 3.22. The highest BCUT2D eigenvalue weighted by Gasteiger charge is 2.19. The molecule has 2 nitrogen and oxygen atoms in total. The minimum Gasteiger partial charge on any atom is -0.474 e. The van der Waals surface area contributed by atoms with Crippen LogP contribution in [0.1, 0.15) is 43.9 Å².